The molecule has 1 aliphatic heterocycles. The molecule has 1 aromatic rings. The van der Waals surface area contributed by atoms with E-state index in [1.807, 2.05) is 33.3 Å². The highest BCUT2D eigenvalue weighted by molar-refractivity contribution is 7.89. The van der Waals surface area contributed by atoms with Gasteiger partial charge in [-0.2, -0.15) is 0 Å². The lowest BCUT2D eigenvalue weighted by Gasteiger charge is -2.23. The van der Waals surface area contributed by atoms with Crippen molar-refractivity contribution in [1.29, 1.82) is 0 Å². The Morgan fingerprint density at radius 2 is 1.96 bits per heavy atom. The van der Waals surface area contributed by atoms with E-state index in [9.17, 15) is 8.42 Å². The zero-order chi connectivity index (χ0) is 16.6. The maximum atomic E-state index is 12.8. The van der Waals surface area contributed by atoms with Crippen molar-refractivity contribution in [2.24, 2.45) is 5.92 Å². The molecule has 5 nitrogen and oxygen atoms in total. The summed E-state index contributed by atoms with van der Waals surface area (Å²) in [7, 11) is 2.66. The Bertz CT molecular complexity index is 672. The normalized spacial score (nSPS) is 25.2. The summed E-state index contributed by atoms with van der Waals surface area (Å²) < 4.78 is 28.5. The van der Waals surface area contributed by atoms with Gasteiger partial charge in [0.25, 0.3) is 0 Å². The number of nitrogens with zero attached hydrogens (tertiary/aromatic N) is 2. The second kappa shape index (κ2) is 6.51. The number of likely N-dealkylation sites (N-methyl/N-ethyl adjacent to an activating group) is 1. The number of aryl methyl sites for hydroxylation is 2. The van der Waals surface area contributed by atoms with Gasteiger partial charge in [-0.25, -0.2) is 13.1 Å². The molecule has 1 aliphatic carbocycles. The fraction of sp³-hybridized carbons (Fsp3) is 0.647. The van der Waals surface area contributed by atoms with Crippen LogP contribution < -0.4 is 4.72 Å². The van der Waals surface area contributed by atoms with Crippen molar-refractivity contribution in [2.45, 2.75) is 30.2 Å². The third-order valence-corrected chi connectivity index (χ3v) is 6.40. The molecular weight excluding hydrogens is 310 g/mol. The number of fused-ring (bicyclic) bond motifs is 1. The lowest BCUT2D eigenvalue weighted by atomic mass is 10.0. The molecule has 23 heavy (non-hydrogen) atoms. The maximum Gasteiger partial charge on any atom is 0.240 e. The molecule has 1 fully saturated rings. The van der Waals surface area contributed by atoms with Crippen LogP contribution in [0.25, 0.3) is 0 Å². The number of hydrogen-bond donors (Lipinski definition) is 1. The van der Waals surface area contributed by atoms with E-state index in [0.717, 1.165) is 38.9 Å². The average molecular weight is 337 g/mol. The van der Waals surface area contributed by atoms with Gasteiger partial charge in [-0.15, -0.1) is 0 Å². The summed E-state index contributed by atoms with van der Waals surface area (Å²) in [6.45, 7) is 2.58. The van der Waals surface area contributed by atoms with Crippen molar-refractivity contribution in [3.63, 3.8) is 0 Å². The summed E-state index contributed by atoms with van der Waals surface area (Å²) in [5.41, 5.74) is 2.50. The summed E-state index contributed by atoms with van der Waals surface area (Å²) in [6, 6.07) is 5.58. The van der Waals surface area contributed by atoms with Gasteiger partial charge in [-0.3, -0.25) is 0 Å². The minimum atomic E-state index is -3.45. The molecule has 0 aromatic heterocycles. The van der Waals surface area contributed by atoms with Gasteiger partial charge in [-0.1, -0.05) is 6.07 Å². The number of sulfonamides is 1. The topological polar surface area (TPSA) is 52.6 Å². The molecule has 1 N–H and O–H groups in total. The molecule has 6 heteroatoms. The molecule has 0 spiro atoms. The third kappa shape index (κ3) is 3.76. The first-order valence-electron chi connectivity index (χ1n) is 8.32. The fourth-order valence-electron chi connectivity index (χ4n) is 3.86. The van der Waals surface area contributed by atoms with Crippen molar-refractivity contribution >= 4 is 10.0 Å². The van der Waals surface area contributed by atoms with Gasteiger partial charge < -0.3 is 9.80 Å². The van der Waals surface area contributed by atoms with Crippen LogP contribution in [0.5, 0.6) is 0 Å². The van der Waals surface area contributed by atoms with Gasteiger partial charge in [0.1, 0.15) is 0 Å². The molecule has 128 valence electrons. The number of likely N-dealkylation sites (tertiary alicyclic amines) is 1. The molecule has 0 radical (unpaired) electrons. The van der Waals surface area contributed by atoms with Crippen LogP contribution in [0.15, 0.2) is 23.1 Å². The highest BCUT2D eigenvalue weighted by atomic mass is 32.2. The van der Waals surface area contributed by atoms with Gasteiger partial charge >= 0.3 is 0 Å². The lowest BCUT2D eigenvalue weighted by molar-refractivity contribution is 0.304. The van der Waals surface area contributed by atoms with Crippen molar-refractivity contribution in [3.8, 4) is 0 Å². The number of nitrogens with one attached hydrogen (secondary N) is 1. The van der Waals surface area contributed by atoms with Crippen LogP contribution in [-0.2, 0) is 22.9 Å². The number of hydrogen-bond acceptors (Lipinski definition) is 4. The summed E-state index contributed by atoms with van der Waals surface area (Å²) >= 11 is 0. The van der Waals surface area contributed by atoms with Crippen molar-refractivity contribution < 1.29 is 8.42 Å². The molecule has 1 aromatic carbocycles. The zero-order valence-corrected chi connectivity index (χ0v) is 15.1. The Kier molecular flexibility index (Phi) is 4.78. The number of rotatable bonds is 5. The van der Waals surface area contributed by atoms with Gasteiger partial charge in [0.2, 0.25) is 10.0 Å². The second-order valence-corrected chi connectivity index (χ2v) is 8.97. The fourth-order valence-corrected chi connectivity index (χ4v) is 5.20. The van der Waals surface area contributed by atoms with Crippen LogP contribution in [0.4, 0.5) is 0 Å². The van der Waals surface area contributed by atoms with Crippen LogP contribution in [0, 0.1) is 5.92 Å². The largest absolute Gasteiger partial charge is 0.309 e. The highest BCUT2D eigenvalue weighted by Gasteiger charge is 2.34. The second-order valence-electron chi connectivity index (χ2n) is 7.26. The first-order valence-corrected chi connectivity index (χ1v) is 9.81. The predicted octanol–water partition coefficient (Wildman–Crippen LogP) is 0.945. The van der Waals surface area contributed by atoms with Gasteiger partial charge in [0.05, 0.1) is 4.90 Å². The van der Waals surface area contributed by atoms with Crippen molar-refractivity contribution in [3.05, 3.63) is 29.3 Å². The van der Waals surface area contributed by atoms with E-state index < -0.39 is 10.0 Å². The minimum Gasteiger partial charge on any atom is -0.309 e. The SMILES string of the molecule is CN(C)C[C@@H]1CN(C)C[C@H]1NS(=O)(=O)c1ccc2c(c1)CCC2. The van der Waals surface area contributed by atoms with E-state index >= 15 is 0 Å². The Morgan fingerprint density at radius 1 is 1.22 bits per heavy atom. The smallest absolute Gasteiger partial charge is 0.240 e. The average Bonchev–Trinajstić information content (AvgIpc) is 3.04. The molecule has 0 amide bonds. The predicted molar refractivity (Wildman–Crippen MR) is 92.1 cm³/mol. The molecule has 0 saturated carbocycles. The first kappa shape index (κ1) is 16.9. The summed E-state index contributed by atoms with van der Waals surface area (Å²) in [5, 5.41) is 0. The Hall–Kier alpha value is -0.950. The Labute approximate surface area is 139 Å². The summed E-state index contributed by atoms with van der Waals surface area (Å²) in [4.78, 5) is 4.74. The van der Waals surface area contributed by atoms with Gasteiger partial charge in [0, 0.05) is 31.6 Å². The Morgan fingerprint density at radius 3 is 2.70 bits per heavy atom. The Balaban J connectivity index is 1.77. The summed E-state index contributed by atoms with van der Waals surface area (Å²) in [5.74, 6) is 0.319. The van der Waals surface area contributed by atoms with Crippen LogP contribution in [0.3, 0.4) is 0 Å². The van der Waals surface area contributed by atoms with E-state index in [-0.39, 0.29) is 6.04 Å². The van der Waals surface area contributed by atoms with Crippen LogP contribution >= 0.6 is 0 Å². The lowest BCUT2D eigenvalue weighted by Crippen LogP contribution is -2.43. The molecule has 2 aliphatic rings. The van der Waals surface area contributed by atoms with Crippen LogP contribution in [-0.4, -0.2) is 65.0 Å². The quantitative estimate of drug-likeness (QED) is 0.869. The standard InChI is InChI=1S/C17H27N3O2S/c1-19(2)10-15-11-20(3)12-17(15)18-23(21,22)16-8-7-13-5-4-6-14(13)9-16/h7-9,15,17-18H,4-6,10-12H2,1-3H3/t15-,17-/m1/s1. The van der Waals surface area contributed by atoms with Crippen molar-refractivity contribution in [1.82, 2.24) is 14.5 Å². The minimum absolute atomic E-state index is 0.0272. The maximum absolute atomic E-state index is 12.8. The third-order valence-electron chi connectivity index (χ3n) is 4.91. The molecule has 1 heterocycles. The van der Waals surface area contributed by atoms with E-state index in [2.05, 4.69) is 14.5 Å². The van der Waals surface area contributed by atoms with E-state index in [4.69, 9.17) is 0 Å². The highest BCUT2D eigenvalue weighted by Crippen LogP contribution is 2.25. The van der Waals surface area contributed by atoms with Gasteiger partial charge in [0.15, 0.2) is 0 Å². The van der Waals surface area contributed by atoms with Crippen LogP contribution in [0.2, 0.25) is 0 Å². The first-order chi connectivity index (χ1) is 10.8. The van der Waals surface area contributed by atoms with Crippen molar-refractivity contribution in [2.75, 3.05) is 40.8 Å². The van der Waals surface area contributed by atoms with Gasteiger partial charge in [-0.05, 0) is 63.7 Å². The molecule has 0 bridgehead atoms. The molecule has 3 rings (SSSR count). The molecule has 0 unspecified atom stereocenters. The summed E-state index contributed by atoms with van der Waals surface area (Å²) in [6.07, 6.45) is 3.19. The number of benzene rings is 1. The van der Waals surface area contributed by atoms with Crippen LogP contribution in [0.1, 0.15) is 17.5 Å². The monoisotopic (exact) mass is 337 g/mol. The molecule has 2 atom stereocenters. The zero-order valence-electron chi connectivity index (χ0n) is 14.2. The molecule has 1 saturated heterocycles. The van der Waals surface area contributed by atoms with E-state index in [0.29, 0.717) is 10.8 Å². The van der Waals surface area contributed by atoms with E-state index in [1.165, 1.54) is 11.1 Å². The van der Waals surface area contributed by atoms with E-state index in [1.54, 1.807) is 6.07 Å². The molecular formula is C17H27N3O2S.